The highest BCUT2D eigenvalue weighted by Gasteiger charge is 2.24. The Balaban J connectivity index is 1.95. The molecule has 1 saturated carbocycles. The molecule has 0 radical (unpaired) electrons. The van der Waals surface area contributed by atoms with Gasteiger partial charge < -0.3 is 14.8 Å². The van der Waals surface area contributed by atoms with Crippen molar-refractivity contribution in [1.29, 1.82) is 0 Å². The summed E-state index contributed by atoms with van der Waals surface area (Å²) >= 11 is 0. The molecule has 0 spiro atoms. The number of amides is 1. The number of hydrogen-bond acceptors (Lipinski definition) is 4. The van der Waals surface area contributed by atoms with Gasteiger partial charge in [-0.25, -0.2) is 0 Å². The van der Waals surface area contributed by atoms with Crippen LogP contribution in [0.2, 0.25) is 0 Å². The fourth-order valence-electron chi connectivity index (χ4n) is 3.00. The highest BCUT2D eigenvalue weighted by molar-refractivity contribution is 5.92. The molecule has 1 amide bonds. The van der Waals surface area contributed by atoms with Crippen LogP contribution in [0.15, 0.2) is 18.5 Å². The third-order valence-corrected chi connectivity index (χ3v) is 4.01. The van der Waals surface area contributed by atoms with E-state index < -0.39 is 0 Å². The number of ether oxygens (including phenoxy) is 2. The normalized spacial score (nSPS) is 21.7. The first-order chi connectivity index (χ1) is 10.9. The van der Waals surface area contributed by atoms with Crippen molar-refractivity contribution in [1.82, 2.24) is 4.98 Å². The Bertz CT molecular complexity index is 525. The van der Waals surface area contributed by atoms with Crippen LogP contribution in [0.4, 0.5) is 5.69 Å². The van der Waals surface area contributed by atoms with Gasteiger partial charge in [0, 0.05) is 25.8 Å². The minimum atomic E-state index is -0.324. The molecule has 0 saturated heterocycles. The number of anilines is 1. The predicted octanol–water partition coefficient (Wildman–Crippen LogP) is 3.79. The molecule has 1 aliphatic carbocycles. The third kappa shape index (κ3) is 5.82. The van der Waals surface area contributed by atoms with Crippen LogP contribution in [0, 0.1) is 5.92 Å². The molecule has 1 N–H and O–H groups in total. The molecule has 1 aromatic rings. The van der Waals surface area contributed by atoms with E-state index in [9.17, 15) is 4.79 Å². The van der Waals surface area contributed by atoms with Gasteiger partial charge in [-0.1, -0.05) is 6.42 Å². The topological polar surface area (TPSA) is 60.5 Å². The number of nitrogens with one attached hydrogen (secondary N) is 1. The average Bonchev–Trinajstić information content (AvgIpc) is 2.48. The zero-order valence-corrected chi connectivity index (χ0v) is 14.6. The molecule has 1 aliphatic rings. The van der Waals surface area contributed by atoms with Crippen LogP contribution < -0.4 is 10.1 Å². The summed E-state index contributed by atoms with van der Waals surface area (Å²) in [6, 6.07) is 1.78. The maximum Gasteiger partial charge on any atom is 0.224 e. The highest BCUT2D eigenvalue weighted by atomic mass is 16.5. The highest BCUT2D eigenvalue weighted by Crippen LogP contribution is 2.30. The zero-order chi connectivity index (χ0) is 16.9. The van der Waals surface area contributed by atoms with Gasteiger partial charge in [-0.3, -0.25) is 9.78 Å². The molecule has 1 fully saturated rings. The van der Waals surface area contributed by atoms with Crippen molar-refractivity contribution in [2.45, 2.75) is 64.6 Å². The Morgan fingerprint density at radius 1 is 1.39 bits per heavy atom. The lowest BCUT2D eigenvalue weighted by atomic mass is 9.85. The lowest BCUT2D eigenvalue weighted by Crippen LogP contribution is -2.26. The van der Waals surface area contributed by atoms with E-state index in [4.69, 9.17) is 9.47 Å². The molecule has 1 heterocycles. The fourth-order valence-corrected chi connectivity index (χ4v) is 3.00. The van der Waals surface area contributed by atoms with E-state index in [1.807, 2.05) is 20.8 Å². The minimum Gasteiger partial charge on any atom is -0.486 e. The van der Waals surface area contributed by atoms with E-state index in [2.05, 4.69) is 10.3 Å². The second-order valence-electron chi connectivity index (χ2n) is 7.23. The first-order valence-corrected chi connectivity index (χ1v) is 8.33. The van der Waals surface area contributed by atoms with Crippen molar-refractivity contribution < 1.29 is 14.3 Å². The Morgan fingerprint density at radius 3 is 2.87 bits per heavy atom. The summed E-state index contributed by atoms with van der Waals surface area (Å²) in [5, 5.41) is 2.95. The summed E-state index contributed by atoms with van der Waals surface area (Å²) in [5.74, 6) is 1.05. The first kappa shape index (κ1) is 17.7. The number of carbonyl (C=O) groups is 1. The molecule has 23 heavy (non-hydrogen) atoms. The van der Waals surface area contributed by atoms with Crippen molar-refractivity contribution in [3.63, 3.8) is 0 Å². The van der Waals surface area contributed by atoms with Crippen LogP contribution in [0.3, 0.4) is 0 Å². The Hall–Kier alpha value is -1.62. The van der Waals surface area contributed by atoms with E-state index in [0.717, 1.165) is 25.7 Å². The van der Waals surface area contributed by atoms with Gasteiger partial charge in [-0.15, -0.1) is 0 Å². The van der Waals surface area contributed by atoms with Crippen molar-refractivity contribution in [2.75, 3.05) is 12.4 Å². The van der Waals surface area contributed by atoms with E-state index >= 15 is 0 Å². The van der Waals surface area contributed by atoms with Gasteiger partial charge in [0.2, 0.25) is 5.91 Å². The SMILES string of the molecule is CO[C@@H]1CCC[C@@H](CC(=O)Nc2cnccc2OC(C)(C)C)C1. The van der Waals surface area contributed by atoms with Crippen molar-refractivity contribution in [3.05, 3.63) is 18.5 Å². The second-order valence-corrected chi connectivity index (χ2v) is 7.23. The molecule has 0 aromatic carbocycles. The fraction of sp³-hybridized carbons (Fsp3) is 0.667. The number of rotatable bonds is 5. The quantitative estimate of drug-likeness (QED) is 0.896. The molecule has 0 bridgehead atoms. The standard InChI is InChI=1S/C18H28N2O3/c1-18(2,3)23-16-8-9-19-12-15(16)20-17(21)11-13-6-5-7-14(10-13)22-4/h8-9,12-14H,5-7,10-11H2,1-4H3,(H,20,21)/t13-,14-/m1/s1. The molecule has 1 aromatic heterocycles. The van der Waals surface area contributed by atoms with Crippen LogP contribution in [0.1, 0.15) is 52.9 Å². The summed E-state index contributed by atoms with van der Waals surface area (Å²) in [6.45, 7) is 5.93. The Morgan fingerprint density at radius 2 is 2.17 bits per heavy atom. The molecule has 5 nitrogen and oxygen atoms in total. The Labute approximate surface area is 138 Å². The molecular formula is C18H28N2O3. The monoisotopic (exact) mass is 320 g/mol. The summed E-state index contributed by atoms with van der Waals surface area (Å²) in [7, 11) is 1.75. The van der Waals surface area contributed by atoms with E-state index in [-0.39, 0.29) is 11.5 Å². The minimum absolute atomic E-state index is 0.0125. The summed E-state index contributed by atoms with van der Waals surface area (Å²) < 4.78 is 11.3. The number of aromatic nitrogens is 1. The molecule has 2 atom stereocenters. The van der Waals surface area contributed by atoms with Crippen molar-refractivity contribution in [3.8, 4) is 5.75 Å². The number of pyridine rings is 1. The Kier molecular flexibility index (Phi) is 5.99. The van der Waals surface area contributed by atoms with Gasteiger partial charge >= 0.3 is 0 Å². The van der Waals surface area contributed by atoms with Gasteiger partial charge in [0.15, 0.2) is 0 Å². The lowest BCUT2D eigenvalue weighted by molar-refractivity contribution is -0.117. The van der Waals surface area contributed by atoms with Crippen LogP contribution in [-0.4, -0.2) is 29.7 Å². The lowest BCUT2D eigenvalue weighted by Gasteiger charge is -2.28. The number of methoxy groups -OCH3 is 1. The molecule has 0 unspecified atom stereocenters. The zero-order valence-electron chi connectivity index (χ0n) is 14.6. The van der Waals surface area contributed by atoms with Crippen molar-refractivity contribution >= 4 is 11.6 Å². The average molecular weight is 320 g/mol. The summed E-state index contributed by atoms with van der Waals surface area (Å²) in [4.78, 5) is 16.4. The maximum atomic E-state index is 12.4. The molecule has 0 aliphatic heterocycles. The van der Waals surface area contributed by atoms with Crippen molar-refractivity contribution in [2.24, 2.45) is 5.92 Å². The molecule has 128 valence electrons. The van der Waals surface area contributed by atoms with E-state index in [0.29, 0.717) is 29.9 Å². The van der Waals surface area contributed by atoms with Crippen LogP contribution in [-0.2, 0) is 9.53 Å². The second kappa shape index (κ2) is 7.77. The summed E-state index contributed by atoms with van der Waals surface area (Å²) in [5.41, 5.74) is 0.308. The smallest absolute Gasteiger partial charge is 0.224 e. The van der Waals surface area contributed by atoms with Gasteiger partial charge in [-0.05, 0) is 46.0 Å². The van der Waals surface area contributed by atoms with E-state index in [1.54, 1.807) is 25.6 Å². The molecule has 2 rings (SSSR count). The van der Waals surface area contributed by atoms with Gasteiger partial charge in [0.25, 0.3) is 0 Å². The number of hydrogen-bond donors (Lipinski definition) is 1. The number of carbonyl (C=O) groups excluding carboxylic acids is 1. The third-order valence-electron chi connectivity index (χ3n) is 4.01. The van der Waals surface area contributed by atoms with Gasteiger partial charge in [0.05, 0.1) is 12.3 Å². The van der Waals surface area contributed by atoms with Gasteiger partial charge in [-0.2, -0.15) is 0 Å². The van der Waals surface area contributed by atoms with Gasteiger partial charge in [0.1, 0.15) is 17.0 Å². The first-order valence-electron chi connectivity index (χ1n) is 8.33. The van der Waals surface area contributed by atoms with E-state index in [1.165, 1.54) is 0 Å². The van der Waals surface area contributed by atoms with Crippen LogP contribution in [0.25, 0.3) is 0 Å². The maximum absolute atomic E-state index is 12.4. The molecule has 5 heteroatoms. The largest absolute Gasteiger partial charge is 0.486 e. The number of nitrogens with zero attached hydrogens (tertiary/aromatic N) is 1. The van der Waals surface area contributed by atoms with Crippen LogP contribution in [0.5, 0.6) is 5.75 Å². The molecular weight excluding hydrogens is 292 g/mol. The van der Waals surface area contributed by atoms with Crippen LogP contribution >= 0.6 is 0 Å². The predicted molar refractivity (Wildman–Crippen MR) is 90.6 cm³/mol. The summed E-state index contributed by atoms with van der Waals surface area (Å²) in [6.07, 6.45) is 8.39.